The zero-order valence-corrected chi connectivity index (χ0v) is 16.0. The van der Waals surface area contributed by atoms with E-state index in [1.165, 1.54) is 5.56 Å². The third-order valence-electron chi connectivity index (χ3n) is 5.67. The lowest BCUT2D eigenvalue weighted by Crippen LogP contribution is -2.39. The lowest BCUT2D eigenvalue weighted by molar-refractivity contribution is -0.129. The van der Waals surface area contributed by atoms with E-state index in [2.05, 4.69) is 29.4 Å². The molecule has 4 unspecified atom stereocenters. The van der Waals surface area contributed by atoms with Crippen LogP contribution < -0.4 is 10.1 Å². The normalized spacial score (nSPS) is 30.4. The zero-order valence-electron chi connectivity index (χ0n) is 15.2. The molecule has 6 nitrogen and oxygen atoms in total. The summed E-state index contributed by atoms with van der Waals surface area (Å²) in [6, 6.07) is 8.24. The Hall–Kier alpha value is -1.44. The molecule has 0 radical (unpaired) electrons. The molecule has 1 amide bonds. The summed E-state index contributed by atoms with van der Waals surface area (Å²) in [5.74, 6) is 1.07. The lowest BCUT2D eigenvalue weighted by Gasteiger charge is -2.33. The van der Waals surface area contributed by atoms with E-state index in [1.54, 1.807) is 4.90 Å². The van der Waals surface area contributed by atoms with Crippen molar-refractivity contribution in [1.29, 1.82) is 0 Å². The van der Waals surface area contributed by atoms with Crippen LogP contribution in [-0.4, -0.2) is 63.6 Å². The van der Waals surface area contributed by atoms with Crippen LogP contribution in [0.1, 0.15) is 31.2 Å². The van der Waals surface area contributed by atoms with Crippen molar-refractivity contribution in [2.24, 2.45) is 0 Å². The Balaban J connectivity index is 1.22. The summed E-state index contributed by atoms with van der Waals surface area (Å²) in [6.07, 6.45) is 4.80. The van der Waals surface area contributed by atoms with Gasteiger partial charge in [-0.25, -0.2) is 0 Å². The number of carbonyl (C=O) groups is 1. The van der Waals surface area contributed by atoms with Crippen molar-refractivity contribution in [1.82, 2.24) is 15.1 Å². The Kier molecular flexibility index (Phi) is 5.29. The molecule has 1 aromatic carbocycles. The SMILES string of the molecule is CN(CCCCC1C(=O)N2CNCC2S1=O)C1CCc2ccccc2O1. The smallest absolute Gasteiger partial charge is 0.240 e. The van der Waals surface area contributed by atoms with E-state index < -0.39 is 10.8 Å². The van der Waals surface area contributed by atoms with Gasteiger partial charge in [0.2, 0.25) is 5.91 Å². The summed E-state index contributed by atoms with van der Waals surface area (Å²) in [7, 11) is 1.03. The first kappa shape index (κ1) is 17.9. The van der Waals surface area contributed by atoms with Crippen molar-refractivity contribution in [3.05, 3.63) is 29.8 Å². The molecule has 1 N–H and O–H groups in total. The fourth-order valence-electron chi connectivity index (χ4n) is 4.12. The van der Waals surface area contributed by atoms with Crippen LogP contribution in [0.2, 0.25) is 0 Å². The molecule has 1 aromatic rings. The van der Waals surface area contributed by atoms with Crippen LogP contribution in [-0.2, 0) is 22.0 Å². The number of para-hydroxylation sites is 1. The van der Waals surface area contributed by atoms with Crippen molar-refractivity contribution in [2.75, 3.05) is 26.8 Å². The maximum atomic E-state index is 12.5. The Labute approximate surface area is 157 Å². The molecule has 7 heteroatoms. The van der Waals surface area contributed by atoms with Crippen molar-refractivity contribution in [2.45, 2.75) is 49.0 Å². The highest BCUT2D eigenvalue weighted by atomic mass is 32.2. The minimum atomic E-state index is -1.06. The largest absolute Gasteiger partial charge is 0.475 e. The van der Waals surface area contributed by atoms with E-state index in [1.807, 2.05) is 12.1 Å². The van der Waals surface area contributed by atoms with Crippen LogP contribution in [0.25, 0.3) is 0 Å². The maximum Gasteiger partial charge on any atom is 0.240 e. The van der Waals surface area contributed by atoms with Crippen LogP contribution in [0, 0.1) is 0 Å². The summed E-state index contributed by atoms with van der Waals surface area (Å²) in [6.45, 7) is 2.14. The number of aryl methyl sites for hydroxylation is 1. The summed E-state index contributed by atoms with van der Waals surface area (Å²) < 4.78 is 18.6. The van der Waals surface area contributed by atoms with Gasteiger partial charge in [0.25, 0.3) is 0 Å². The second-order valence-electron chi connectivity index (χ2n) is 7.39. The Morgan fingerprint density at radius 3 is 3.04 bits per heavy atom. The minimum absolute atomic E-state index is 0.0684. The molecule has 26 heavy (non-hydrogen) atoms. The molecule has 0 spiro atoms. The van der Waals surface area contributed by atoms with Crippen LogP contribution in [0.15, 0.2) is 24.3 Å². The molecule has 2 saturated heterocycles. The molecule has 3 heterocycles. The standard InChI is InChI=1S/C19H27N3O3S/c1-21(17-10-9-14-6-2-3-7-15(14)25-17)11-5-4-8-16-19(23)22-13-20-12-18(22)26(16)24/h2-3,6-7,16-18,20H,4-5,8-13H2,1H3. The van der Waals surface area contributed by atoms with Gasteiger partial charge in [0.1, 0.15) is 16.4 Å². The fraction of sp³-hybridized carbons (Fsp3) is 0.632. The van der Waals surface area contributed by atoms with Gasteiger partial charge in [0, 0.05) is 19.5 Å². The predicted molar refractivity (Wildman–Crippen MR) is 101 cm³/mol. The molecular formula is C19H27N3O3S. The Morgan fingerprint density at radius 2 is 2.19 bits per heavy atom. The molecule has 0 aromatic heterocycles. The quantitative estimate of drug-likeness (QED) is 0.757. The molecular weight excluding hydrogens is 350 g/mol. The third-order valence-corrected chi connectivity index (χ3v) is 7.63. The highest BCUT2D eigenvalue weighted by Crippen LogP contribution is 2.29. The second kappa shape index (κ2) is 7.66. The number of amides is 1. The number of nitrogens with one attached hydrogen (secondary N) is 1. The van der Waals surface area contributed by atoms with E-state index in [0.29, 0.717) is 13.2 Å². The number of rotatable bonds is 6. The zero-order chi connectivity index (χ0) is 18.1. The molecule has 4 rings (SSSR count). The van der Waals surface area contributed by atoms with E-state index in [9.17, 15) is 9.00 Å². The van der Waals surface area contributed by atoms with E-state index >= 15 is 0 Å². The minimum Gasteiger partial charge on any atom is -0.475 e. The molecule has 3 aliphatic rings. The van der Waals surface area contributed by atoms with Crippen LogP contribution in [0.3, 0.4) is 0 Å². The first-order chi connectivity index (χ1) is 12.6. The number of ether oxygens (including phenoxy) is 1. The molecule has 0 saturated carbocycles. The first-order valence-corrected chi connectivity index (χ1v) is 10.8. The van der Waals surface area contributed by atoms with Crippen molar-refractivity contribution >= 4 is 16.7 Å². The van der Waals surface area contributed by atoms with Crippen molar-refractivity contribution in [3.63, 3.8) is 0 Å². The molecule has 142 valence electrons. The summed E-state index contributed by atoms with van der Waals surface area (Å²) in [4.78, 5) is 16.4. The molecule has 4 atom stereocenters. The Morgan fingerprint density at radius 1 is 1.35 bits per heavy atom. The summed E-state index contributed by atoms with van der Waals surface area (Å²) in [5, 5.41) is 2.72. The van der Waals surface area contributed by atoms with Gasteiger partial charge in [-0.15, -0.1) is 0 Å². The number of nitrogens with zero attached hydrogens (tertiary/aromatic N) is 2. The number of unbranched alkanes of at least 4 members (excludes halogenated alkanes) is 1. The highest BCUT2D eigenvalue weighted by molar-refractivity contribution is 7.87. The summed E-state index contributed by atoms with van der Waals surface area (Å²) >= 11 is 0. The fourth-order valence-corrected chi connectivity index (χ4v) is 5.94. The van der Waals surface area contributed by atoms with Crippen molar-refractivity contribution in [3.8, 4) is 5.75 Å². The van der Waals surface area contributed by atoms with Crippen LogP contribution in [0.5, 0.6) is 5.75 Å². The maximum absolute atomic E-state index is 12.5. The number of hydrogen-bond acceptors (Lipinski definition) is 5. The van der Waals surface area contributed by atoms with E-state index in [4.69, 9.17) is 4.74 Å². The van der Waals surface area contributed by atoms with Crippen LogP contribution >= 0.6 is 0 Å². The number of hydrogen-bond donors (Lipinski definition) is 1. The monoisotopic (exact) mass is 377 g/mol. The van der Waals surface area contributed by atoms with Crippen LogP contribution in [0.4, 0.5) is 0 Å². The lowest BCUT2D eigenvalue weighted by atomic mass is 10.0. The molecule has 0 bridgehead atoms. The van der Waals surface area contributed by atoms with Gasteiger partial charge in [0.15, 0.2) is 6.23 Å². The highest BCUT2D eigenvalue weighted by Gasteiger charge is 2.47. The van der Waals surface area contributed by atoms with Gasteiger partial charge in [-0.05, 0) is 37.9 Å². The Bertz CT molecular complexity index is 676. The molecule has 0 aliphatic carbocycles. The van der Waals surface area contributed by atoms with Gasteiger partial charge < -0.3 is 9.64 Å². The second-order valence-corrected chi connectivity index (χ2v) is 9.16. The van der Waals surface area contributed by atoms with E-state index in [0.717, 1.165) is 44.4 Å². The number of fused-ring (bicyclic) bond motifs is 2. The van der Waals surface area contributed by atoms with Gasteiger partial charge in [0.05, 0.1) is 17.5 Å². The number of benzene rings is 1. The third kappa shape index (κ3) is 3.40. The average molecular weight is 378 g/mol. The predicted octanol–water partition coefficient (Wildman–Crippen LogP) is 1.29. The molecule has 3 aliphatic heterocycles. The molecule has 2 fully saturated rings. The van der Waals surface area contributed by atoms with Gasteiger partial charge >= 0.3 is 0 Å². The van der Waals surface area contributed by atoms with E-state index in [-0.39, 0.29) is 22.8 Å². The topological polar surface area (TPSA) is 61.9 Å². The van der Waals surface area contributed by atoms with Gasteiger partial charge in [-0.3, -0.25) is 19.2 Å². The van der Waals surface area contributed by atoms with Gasteiger partial charge in [-0.1, -0.05) is 24.6 Å². The van der Waals surface area contributed by atoms with Gasteiger partial charge in [-0.2, -0.15) is 0 Å². The average Bonchev–Trinajstić information content (AvgIpc) is 3.23. The number of carbonyl (C=O) groups excluding carboxylic acids is 1. The first-order valence-electron chi connectivity index (χ1n) is 9.50. The van der Waals surface area contributed by atoms with Crippen molar-refractivity contribution < 1.29 is 13.7 Å². The summed E-state index contributed by atoms with van der Waals surface area (Å²) in [5.41, 5.74) is 1.29.